The van der Waals surface area contributed by atoms with Crippen LogP contribution in [0, 0.1) is 0 Å². The molecule has 0 spiro atoms. The second-order valence-corrected chi connectivity index (χ2v) is 2.23. The summed E-state index contributed by atoms with van der Waals surface area (Å²) in [5, 5.41) is 6.10. The molecule has 0 aliphatic carbocycles. The lowest BCUT2D eigenvalue weighted by atomic mass is 10.3. The Labute approximate surface area is 70.2 Å². The molecule has 0 aromatic carbocycles. The summed E-state index contributed by atoms with van der Waals surface area (Å²) in [5.41, 5.74) is 0. The summed E-state index contributed by atoms with van der Waals surface area (Å²) in [4.78, 5) is 10.8. The molecule has 1 aromatic rings. The van der Waals surface area contributed by atoms with Gasteiger partial charge >= 0.3 is 0 Å². The molecule has 0 atom stereocenters. The van der Waals surface area contributed by atoms with Gasteiger partial charge in [-0.1, -0.05) is 18.7 Å². The Balaban J connectivity index is 2.63. The van der Waals surface area contributed by atoms with Crippen molar-refractivity contribution in [3.63, 3.8) is 0 Å². The molecular formula is C8H10N2O2. The number of carbonyl (C=O) groups excluding carboxylic acids is 1. The van der Waals surface area contributed by atoms with Gasteiger partial charge in [-0.3, -0.25) is 4.79 Å². The number of amides is 1. The first kappa shape index (κ1) is 8.52. The summed E-state index contributed by atoms with van der Waals surface area (Å²) < 4.78 is 4.86. The fraction of sp³-hybridized carbons (Fsp3) is 0.250. The van der Waals surface area contributed by atoms with E-state index < -0.39 is 0 Å². The van der Waals surface area contributed by atoms with Crippen molar-refractivity contribution >= 4 is 11.7 Å². The highest BCUT2D eigenvalue weighted by Gasteiger charge is 2.02. The third-order valence-corrected chi connectivity index (χ3v) is 1.34. The average molecular weight is 166 g/mol. The standard InChI is InChI=1S/C8H10N2O2/c1-3-6-5-7(10-12-6)9-8(11)4-2/h4-5H,2-3H2,1H3,(H,9,10,11). The second kappa shape index (κ2) is 3.71. The Morgan fingerprint density at radius 1 is 1.92 bits per heavy atom. The van der Waals surface area contributed by atoms with Gasteiger partial charge in [0.25, 0.3) is 0 Å². The van der Waals surface area contributed by atoms with Crippen molar-refractivity contribution < 1.29 is 9.32 Å². The van der Waals surface area contributed by atoms with Gasteiger partial charge in [0.2, 0.25) is 5.91 Å². The molecule has 0 aliphatic rings. The lowest BCUT2D eigenvalue weighted by molar-refractivity contribution is -0.111. The minimum absolute atomic E-state index is 0.286. The number of aryl methyl sites for hydroxylation is 1. The van der Waals surface area contributed by atoms with E-state index in [1.807, 2.05) is 6.92 Å². The third-order valence-electron chi connectivity index (χ3n) is 1.34. The number of hydrogen-bond donors (Lipinski definition) is 1. The van der Waals surface area contributed by atoms with Crippen LogP contribution in [0.3, 0.4) is 0 Å². The van der Waals surface area contributed by atoms with Crippen molar-refractivity contribution in [1.29, 1.82) is 0 Å². The first-order valence-electron chi connectivity index (χ1n) is 3.65. The van der Waals surface area contributed by atoms with Crippen LogP contribution in [0.15, 0.2) is 23.2 Å². The SMILES string of the molecule is C=CC(=O)Nc1cc(CC)on1. The molecule has 0 radical (unpaired) electrons. The van der Waals surface area contributed by atoms with E-state index in [1.54, 1.807) is 6.07 Å². The van der Waals surface area contributed by atoms with Crippen LogP contribution >= 0.6 is 0 Å². The van der Waals surface area contributed by atoms with Gasteiger partial charge < -0.3 is 9.84 Å². The molecule has 0 unspecified atom stereocenters. The second-order valence-electron chi connectivity index (χ2n) is 2.23. The van der Waals surface area contributed by atoms with Crippen LogP contribution in [0.5, 0.6) is 0 Å². The van der Waals surface area contributed by atoms with Crippen LogP contribution in [0.4, 0.5) is 5.82 Å². The minimum Gasteiger partial charge on any atom is -0.359 e. The van der Waals surface area contributed by atoms with E-state index in [-0.39, 0.29) is 5.91 Å². The summed E-state index contributed by atoms with van der Waals surface area (Å²) in [6, 6.07) is 1.68. The number of aromatic nitrogens is 1. The molecule has 1 heterocycles. The van der Waals surface area contributed by atoms with Crippen LogP contribution in [0.1, 0.15) is 12.7 Å². The maximum absolute atomic E-state index is 10.8. The zero-order valence-electron chi connectivity index (χ0n) is 6.83. The quantitative estimate of drug-likeness (QED) is 0.690. The predicted octanol–water partition coefficient (Wildman–Crippen LogP) is 1.36. The Morgan fingerprint density at radius 2 is 2.67 bits per heavy atom. The Kier molecular flexibility index (Phi) is 2.63. The van der Waals surface area contributed by atoms with E-state index in [2.05, 4.69) is 17.1 Å². The Hall–Kier alpha value is -1.58. The number of carbonyl (C=O) groups is 1. The van der Waals surface area contributed by atoms with E-state index in [0.717, 1.165) is 12.2 Å². The first-order chi connectivity index (χ1) is 5.76. The van der Waals surface area contributed by atoms with Gasteiger partial charge in [0, 0.05) is 12.5 Å². The van der Waals surface area contributed by atoms with Gasteiger partial charge in [0.15, 0.2) is 5.82 Å². The highest BCUT2D eigenvalue weighted by atomic mass is 16.5. The molecule has 4 heteroatoms. The normalized spacial score (nSPS) is 9.42. The molecule has 1 amide bonds. The molecule has 0 saturated heterocycles. The molecule has 0 aliphatic heterocycles. The number of anilines is 1. The fourth-order valence-electron chi connectivity index (χ4n) is 0.716. The van der Waals surface area contributed by atoms with Crippen molar-refractivity contribution in [2.24, 2.45) is 0 Å². The van der Waals surface area contributed by atoms with Gasteiger partial charge in [0.05, 0.1) is 0 Å². The van der Waals surface area contributed by atoms with Gasteiger partial charge in [-0.05, 0) is 6.08 Å². The highest BCUT2D eigenvalue weighted by molar-refractivity contribution is 5.98. The smallest absolute Gasteiger partial charge is 0.249 e. The van der Waals surface area contributed by atoms with Gasteiger partial charge in [-0.2, -0.15) is 0 Å². The van der Waals surface area contributed by atoms with Crippen LogP contribution in [0.2, 0.25) is 0 Å². The number of nitrogens with zero attached hydrogens (tertiary/aromatic N) is 1. The molecule has 0 bridgehead atoms. The molecule has 4 nitrogen and oxygen atoms in total. The van der Waals surface area contributed by atoms with E-state index in [9.17, 15) is 4.79 Å². The van der Waals surface area contributed by atoms with Crippen molar-refractivity contribution in [3.05, 3.63) is 24.5 Å². The summed E-state index contributed by atoms with van der Waals surface area (Å²) in [7, 11) is 0. The minimum atomic E-state index is -0.286. The molecule has 12 heavy (non-hydrogen) atoms. The van der Waals surface area contributed by atoms with E-state index in [0.29, 0.717) is 5.82 Å². The van der Waals surface area contributed by atoms with E-state index >= 15 is 0 Å². The first-order valence-corrected chi connectivity index (χ1v) is 3.65. The summed E-state index contributed by atoms with van der Waals surface area (Å²) >= 11 is 0. The van der Waals surface area contributed by atoms with Gasteiger partial charge in [-0.25, -0.2) is 0 Å². The highest BCUT2D eigenvalue weighted by Crippen LogP contribution is 2.08. The lowest BCUT2D eigenvalue weighted by Gasteiger charge is -1.91. The van der Waals surface area contributed by atoms with Crippen LogP contribution in [-0.4, -0.2) is 11.1 Å². The number of rotatable bonds is 3. The van der Waals surface area contributed by atoms with Crippen molar-refractivity contribution in [2.45, 2.75) is 13.3 Å². The van der Waals surface area contributed by atoms with Crippen molar-refractivity contribution in [1.82, 2.24) is 5.16 Å². The summed E-state index contributed by atoms with van der Waals surface area (Å²) in [6.45, 7) is 5.26. The van der Waals surface area contributed by atoms with Gasteiger partial charge in [-0.15, -0.1) is 0 Å². The molecule has 1 aromatic heterocycles. The maximum Gasteiger partial charge on any atom is 0.249 e. The lowest BCUT2D eigenvalue weighted by Crippen LogP contribution is -2.07. The zero-order chi connectivity index (χ0) is 8.97. The zero-order valence-corrected chi connectivity index (χ0v) is 6.83. The number of hydrogen-bond acceptors (Lipinski definition) is 3. The van der Waals surface area contributed by atoms with Crippen LogP contribution in [0.25, 0.3) is 0 Å². The molecule has 1 N–H and O–H groups in total. The van der Waals surface area contributed by atoms with Crippen molar-refractivity contribution in [3.8, 4) is 0 Å². The fourth-order valence-corrected chi connectivity index (χ4v) is 0.716. The summed E-state index contributed by atoms with van der Waals surface area (Å²) in [6.07, 6.45) is 1.94. The van der Waals surface area contributed by atoms with Crippen molar-refractivity contribution in [2.75, 3.05) is 5.32 Å². The van der Waals surface area contributed by atoms with E-state index in [1.165, 1.54) is 6.08 Å². The molecule has 0 saturated carbocycles. The van der Waals surface area contributed by atoms with Crippen LogP contribution in [-0.2, 0) is 11.2 Å². The van der Waals surface area contributed by atoms with E-state index in [4.69, 9.17) is 4.52 Å². The average Bonchev–Trinajstić information content (AvgIpc) is 2.52. The Bertz CT molecular complexity index is 291. The molecule has 1 rings (SSSR count). The molecule has 0 fully saturated rings. The molecular weight excluding hydrogens is 156 g/mol. The number of nitrogens with one attached hydrogen (secondary N) is 1. The Morgan fingerprint density at radius 3 is 3.17 bits per heavy atom. The summed E-state index contributed by atoms with van der Waals surface area (Å²) in [5.74, 6) is 0.886. The van der Waals surface area contributed by atoms with Crippen LogP contribution < -0.4 is 5.32 Å². The topological polar surface area (TPSA) is 55.1 Å². The predicted molar refractivity (Wildman–Crippen MR) is 44.7 cm³/mol. The molecule has 64 valence electrons. The third kappa shape index (κ3) is 1.95. The maximum atomic E-state index is 10.8. The monoisotopic (exact) mass is 166 g/mol. The largest absolute Gasteiger partial charge is 0.359 e. The van der Waals surface area contributed by atoms with Gasteiger partial charge in [0.1, 0.15) is 5.76 Å².